The summed E-state index contributed by atoms with van der Waals surface area (Å²) in [5.74, 6) is 0. The van der Waals surface area contributed by atoms with Gasteiger partial charge in [0.15, 0.2) is 0 Å². The lowest BCUT2D eigenvalue weighted by molar-refractivity contribution is 0.404. The normalized spacial score (nSPS) is 14.6. The van der Waals surface area contributed by atoms with Crippen LogP contribution in [-0.4, -0.2) is 38.6 Å². The van der Waals surface area contributed by atoms with Crippen molar-refractivity contribution in [2.45, 2.75) is 34.6 Å². The van der Waals surface area contributed by atoms with E-state index in [-0.39, 0.29) is 5.41 Å². The van der Waals surface area contributed by atoms with Gasteiger partial charge in [-0.2, -0.15) is 0 Å². The second-order valence-electron chi connectivity index (χ2n) is 5.85. The van der Waals surface area contributed by atoms with Crippen molar-refractivity contribution >= 4 is 0 Å². The highest BCUT2D eigenvalue weighted by Gasteiger charge is 2.16. The van der Waals surface area contributed by atoms with Gasteiger partial charge in [0.2, 0.25) is 0 Å². The summed E-state index contributed by atoms with van der Waals surface area (Å²) in [5, 5.41) is 3.43. The van der Waals surface area contributed by atoms with Gasteiger partial charge in [-0.05, 0) is 38.9 Å². The molecule has 0 amide bonds. The van der Waals surface area contributed by atoms with Crippen molar-refractivity contribution < 1.29 is 0 Å². The summed E-state index contributed by atoms with van der Waals surface area (Å²) in [4.78, 5) is 2.19. The summed E-state index contributed by atoms with van der Waals surface area (Å²) < 4.78 is 0. The van der Waals surface area contributed by atoms with Gasteiger partial charge < -0.3 is 10.2 Å². The van der Waals surface area contributed by atoms with Crippen LogP contribution in [0.4, 0.5) is 0 Å². The molecule has 0 heterocycles. The molecule has 2 heteroatoms. The molecule has 0 aliphatic carbocycles. The smallest absolute Gasteiger partial charge is 0.0141 e. The molecule has 0 atom stereocenters. The van der Waals surface area contributed by atoms with Crippen molar-refractivity contribution in [3.8, 4) is 0 Å². The summed E-state index contributed by atoms with van der Waals surface area (Å²) in [5.41, 5.74) is 3.06. The second-order valence-corrected chi connectivity index (χ2v) is 5.85. The first kappa shape index (κ1) is 16.4. The van der Waals surface area contributed by atoms with Gasteiger partial charge in [0.25, 0.3) is 0 Å². The summed E-state index contributed by atoms with van der Waals surface area (Å²) >= 11 is 0. The molecular weight excluding hydrogens is 208 g/mol. The third-order valence-electron chi connectivity index (χ3n) is 2.81. The molecule has 0 aromatic heterocycles. The van der Waals surface area contributed by atoms with E-state index in [0.717, 1.165) is 19.6 Å². The predicted molar refractivity (Wildman–Crippen MR) is 78.4 cm³/mol. The molecule has 0 spiro atoms. The van der Waals surface area contributed by atoms with E-state index in [4.69, 9.17) is 0 Å². The van der Waals surface area contributed by atoms with E-state index in [1.54, 1.807) is 0 Å². The monoisotopic (exact) mass is 238 g/mol. The minimum Gasteiger partial charge on any atom is -0.312 e. The maximum Gasteiger partial charge on any atom is 0.0141 e. The van der Waals surface area contributed by atoms with E-state index in [0.29, 0.717) is 0 Å². The van der Waals surface area contributed by atoms with Crippen molar-refractivity contribution in [2.24, 2.45) is 5.41 Å². The fourth-order valence-electron chi connectivity index (χ4n) is 1.99. The quantitative estimate of drug-likeness (QED) is 0.565. The van der Waals surface area contributed by atoms with Gasteiger partial charge in [-0.1, -0.05) is 38.5 Å². The lowest BCUT2D eigenvalue weighted by atomic mass is 9.82. The minimum absolute atomic E-state index is 0.235. The fourth-order valence-corrected chi connectivity index (χ4v) is 1.99. The van der Waals surface area contributed by atoms with Gasteiger partial charge in [-0.3, -0.25) is 0 Å². The Bertz CT molecular complexity index is 267. The summed E-state index contributed by atoms with van der Waals surface area (Å²) in [6.07, 6.45) is 4.52. The van der Waals surface area contributed by atoms with Crippen LogP contribution < -0.4 is 5.32 Å². The number of rotatable bonds is 6. The number of likely N-dealkylation sites (N-methyl/N-ethyl adjacent to an activating group) is 1. The first-order valence-corrected chi connectivity index (χ1v) is 6.48. The Hall–Kier alpha value is -0.600. The highest BCUT2D eigenvalue weighted by molar-refractivity contribution is 5.33. The standard InChI is InChI=1S/C15H30N2/c1-8-14(15(3,4)5)13(2)9-10-16-11-12-17(6)7/h8-9,16H,10-12H2,1-7H3/b13-9-,14-8+. The lowest BCUT2D eigenvalue weighted by Crippen LogP contribution is -2.26. The third-order valence-corrected chi connectivity index (χ3v) is 2.81. The van der Waals surface area contributed by atoms with E-state index >= 15 is 0 Å². The van der Waals surface area contributed by atoms with Crippen LogP contribution in [0.3, 0.4) is 0 Å². The second kappa shape index (κ2) is 7.67. The lowest BCUT2D eigenvalue weighted by Gasteiger charge is -2.24. The number of hydrogen-bond acceptors (Lipinski definition) is 2. The Kier molecular flexibility index (Phi) is 7.40. The summed E-state index contributed by atoms with van der Waals surface area (Å²) in [7, 11) is 4.20. The first-order chi connectivity index (χ1) is 7.79. The summed E-state index contributed by atoms with van der Waals surface area (Å²) in [6, 6.07) is 0. The molecule has 0 aromatic carbocycles. The minimum atomic E-state index is 0.235. The zero-order chi connectivity index (χ0) is 13.5. The average molecular weight is 238 g/mol. The highest BCUT2D eigenvalue weighted by atomic mass is 15.1. The van der Waals surface area contributed by atoms with Gasteiger partial charge in [0.05, 0.1) is 0 Å². The van der Waals surface area contributed by atoms with Crippen LogP contribution >= 0.6 is 0 Å². The molecule has 0 saturated carbocycles. The predicted octanol–water partition coefficient (Wildman–Crippen LogP) is 3.08. The zero-order valence-electron chi connectivity index (χ0n) is 12.7. The van der Waals surface area contributed by atoms with Crippen molar-refractivity contribution in [1.29, 1.82) is 0 Å². The molecule has 0 aliphatic rings. The molecular formula is C15H30N2. The van der Waals surface area contributed by atoms with Crippen molar-refractivity contribution in [1.82, 2.24) is 10.2 Å². The molecule has 0 rings (SSSR count). The van der Waals surface area contributed by atoms with Crippen LogP contribution in [-0.2, 0) is 0 Å². The molecule has 17 heavy (non-hydrogen) atoms. The molecule has 1 N–H and O–H groups in total. The van der Waals surface area contributed by atoms with Gasteiger partial charge >= 0.3 is 0 Å². The van der Waals surface area contributed by atoms with Crippen LogP contribution in [0.15, 0.2) is 23.3 Å². The Labute approximate surface area is 108 Å². The molecule has 0 aromatic rings. The van der Waals surface area contributed by atoms with Crippen LogP contribution in [0, 0.1) is 5.41 Å². The van der Waals surface area contributed by atoms with Gasteiger partial charge in [-0.25, -0.2) is 0 Å². The maximum atomic E-state index is 3.43. The van der Waals surface area contributed by atoms with Crippen molar-refractivity contribution in [2.75, 3.05) is 33.7 Å². The van der Waals surface area contributed by atoms with Crippen LogP contribution in [0.25, 0.3) is 0 Å². The molecule has 0 bridgehead atoms. The van der Waals surface area contributed by atoms with E-state index in [9.17, 15) is 0 Å². The average Bonchev–Trinajstić information content (AvgIpc) is 2.15. The number of nitrogens with zero attached hydrogens (tertiary/aromatic N) is 1. The topological polar surface area (TPSA) is 15.3 Å². The summed E-state index contributed by atoms with van der Waals surface area (Å²) in [6.45, 7) is 14.2. The van der Waals surface area contributed by atoms with Gasteiger partial charge in [0, 0.05) is 19.6 Å². The molecule has 2 nitrogen and oxygen atoms in total. The van der Waals surface area contributed by atoms with E-state index in [2.05, 4.69) is 71.1 Å². The molecule has 0 radical (unpaired) electrons. The van der Waals surface area contributed by atoms with E-state index in [1.807, 2.05) is 0 Å². The van der Waals surface area contributed by atoms with Crippen LogP contribution in [0.1, 0.15) is 34.6 Å². The Morgan fingerprint density at radius 2 is 1.82 bits per heavy atom. The molecule has 100 valence electrons. The first-order valence-electron chi connectivity index (χ1n) is 6.48. The van der Waals surface area contributed by atoms with Gasteiger partial charge in [-0.15, -0.1) is 0 Å². The van der Waals surface area contributed by atoms with Crippen LogP contribution in [0.5, 0.6) is 0 Å². The maximum absolute atomic E-state index is 3.43. The van der Waals surface area contributed by atoms with E-state index < -0.39 is 0 Å². The number of hydrogen-bond donors (Lipinski definition) is 1. The molecule has 0 aliphatic heterocycles. The molecule has 0 fully saturated rings. The zero-order valence-corrected chi connectivity index (χ0v) is 12.7. The third kappa shape index (κ3) is 7.35. The van der Waals surface area contributed by atoms with Gasteiger partial charge in [0.1, 0.15) is 0 Å². The molecule has 0 saturated heterocycles. The van der Waals surface area contributed by atoms with Crippen molar-refractivity contribution in [3.05, 3.63) is 23.3 Å². The molecule has 0 unspecified atom stereocenters. The SMILES string of the molecule is C/C=C(\C(C)=C/CNCCN(C)C)C(C)(C)C. The Balaban J connectivity index is 4.17. The van der Waals surface area contributed by atoms with Crippen LogP contribution in [0.2, 0.25) is 0 Å². The van der Waals surface area contributed by atoms with Crippen molar-refractivity contribution in [3.63, 3.8) is 0 Å². The van der Waals surface area contributed by atoms with E-state index in [1.165, 1.54) is 11.1 Å². The largest absolute Gasteiger partial charge is 0.312 e. The number of nitrogens with one attached hydrogen (secondary N) is 1. The fraction of sp³-hybridized carbons (Fsp3) is 0.733. The Morgan fingerprint density at radius 3 is 2.24 bits per heavy atom. The number of allylic oxidation sites excluding steroid dienone is 3. The Morgan fingerprint density at radius 1 is 1.24 bits per heavy atom. The highest BCUT2D eigenvalue weighted by Crippen LogP contribution is 2.30.